The quantitative estimate of drug-likeness (QED) is 0.0195. The van der Waals surface area contributed by atoms with Gasteiger partial charge in [0.2, 0.25) is 0 Å². The van der Waals surface area contributed by atoms with Gasteiger partial charge < -0.3 is 33.3 Å². The van der Waals surface area contributed by atoms with Crippen molar-refractivity contribution in [3.63, 3.8) is 0 Å². The molecule has 0 aromatic carbocycles. The highest BCUT2D eigenvalue weighted by atomic mass is 16.7. The SMILES string of the molecule is CC/C=C\C/C=C\C/C=C\C/C=C\C/C=C\C/C=C\C/C=C\CCCCCCCCCCCCCCCCCCCC(=O)OC(COC(=O)CCCCCCCCCCCCCCCCCC/C=C\C/C=C\C/C=C\C/C=C\C/C=C\C/C=C\CC)COC(OCC[N+](C)(C)C)C(=O)[O-]. The second kappa shape index (κ2) is 78.6. The lowest BCUT2D eigenvalue weighted by atomic mass is 10.0. The van der Waals surface area contributed by atoms with Gasteiger partial charge in [0, 0.05) is 12.8 Å². The number of carboxylic acids is 1. The Morgan fingerprint density at radius 3 is 0.808 bits per heavy atom. The fourth-order valence-corrected chi connectivity index (χ4v) is 11.2. The third-order valence-corrected chi connectivity index (χ3v) is 17.3. The molecule has 0 spiro atoms. The summed E-state index contributed by atoms with van der Waals surface area (Å²) in [5.41, 5.74) is 0. The molecule has 564 valence electrons. The second-order valence-corrected chi connectivity index (χ2v) is 27.9. The zero-order valence-electron chi connectivity index (χ0n) is 64.6. The standard InChI is InChI=1S/C90H151NO8/c1-6-8-10-12-14-16-18-20-22-24-26-28-30-32-34-36-38-40-42-43-44-45-47-49-51-53-55-57-59-61-63-65-67-69-71-73-75-77-79-81-88(93)99-86(85-98-90(89(94)95)96-83-82-91(3,4)5)84-97-87(92)80-78-76-74-72-70-68-66-64-62-60-58-56-54-52-50-48-46-41-39-37-35-33-31-29-27-25-23-21-19-17-15-13-11-9-7-2/h8-11,14-17,20-23,26-29,32-35,38-41,43-44,86,90H,6-7,12-13,18-19,24-25,30-31,36-37,42,45-85H2,1-5H3/b10-8-,11-9-,16-14-,17-15-,22-20-,23-21-,28-26-,29-27-,34-32-,35-33-,40-38-,41-39-,44-43-. The van der Waals surface area contributed by atoms with Crippen LogP contribution in [0.25, 0.3) is 0 Å². The number of allylic oxidation sites excluding steroid dienone is 26. The van der Waals surface area contributed by atoms with E-state index >= 15 is 0 Å². The van der Waals surface area contributed by atoms with E-state index in [0.29, 0.717) is 17.4 Å². The minimum atomic E-state index is -1.63. The zero-order chi connectivity index (χ0) is 71.8. The number of esters is 2. The van der Waals surface area contributed by atoms with Crippen LogP contribution in [0.4, 0.5) is 0 Å². The van der Waals surface area contributed by atoms with Gasteiger partial charge in [0.25, 0.3) is 0 Å². The molecule has 0 aliphatic carbocycles. The van der Waals surface area contributed by atoms with E-state index in [1.54, 1.807) is 0 Å². The van der Waals surface area contributed by atoms with E-state index < -0.39 is 24.3 Å². The molecule has 99 heavy (non-hydrogen) atoms. The summed E-state index contributed by atoms with van der Waals surface area (Å²) in [6.07, 6.45) is 114. The number of hydrogen-bond donors (Lipinski definition) is 0. The Labute approximate surface area is 610 Å². The molecule has 0 fully saturated rings. The van der Waals surface area contributed by atoms with Crippen molar-refractivity contribution >= 4 is 17.9 Å². The lowest BCUT2D eigenvalue weighted by molar-refractivity contribution is -0.870. The van der Waals surface area contributed by atoms with Crippen molar-refractivity contribution in [2.75, 3.05) is 47.5 Å². The van der Waals surface area contributed by atoms with Crippen molar-refractivity contribution < 1.29 is 42.9 Å². The first-order valence-corrected chi connectivity index (χ1v) is 40.6. The van der Waals surface area contributed by atoms with Gasteiger partial charge in [-0.1, -0.05) is 358 Å². The van der Waals surface area contributed by atoms with Crippen LogP contribution in [0.3, 0.4) is 0 Å². The normalized spacial score (nSPS) is 13.5. The molecule has 0 bridgehead atoms. The molecule has 0 saturated heterocycles. The molecule has 0 radical (unpaired) electrons. The molecule has 0 aliphatic heterocycles. The van der Waals surface area contributed by atoms with Crippen LogP contribution >= 0.6 is 0 Å². The Kier molecular flexibility index (Phi) is 74.6. The van der Waals surface area contributed by atoms with E-state index in [1.807, 2.05) is 21.1 Å². The predicted octanol–water partition coefficient (Wildman–Crippen LogP) is 25.0. The summed E-state index contributed by atoms with van der Waals surface area (Å²) in [5.74, 6) is -2.28. The van der Waals surface area contributed by atoms with Crippen molar-refractivity contribution in [3.05, 3.63) is 158 Å². The molecule has 0 amide bonds. The first kappa shape index (κ1) is 93.9. The number of unbranched alkanes of at least 4 members (excludes halogenated alkanes) is 33. The van der Waals surface area contributed by atoms with E-state index in [-0.39, 0.29) is 38.6 Å². The zero-order valence-corrected chi connectivity index (χ0v) is 64.6. The predicted molar refractivity (Wildman–Crippen MR) is 425 cm³/mol. The van der Waals surface area contributed by atoms with Gasteiger partial charge in [-0.25, -0.2) is 0 Å². The molecule has 0 heterocycles. The summed E-state index contributed by atoms with van der Waals surface area (Å²) in [6, 6.07) is 0. The van der Waals surface area contributed by atoms with Gasteiger partial charge in [0.15, 0.2) is 12.4 Å². The Morgan fingerprint density at radius 2 is 0.545 bits per heavy atom. The summed E-state index contributed by atoms with van der Waals surface area (Å²) in [5, 5.41) is 11.9. The molecular formula is C90H151NO8. The molecule has 0 rings (SSSR count). The minimum Gasteiger partial charge on any atom is -0.545 e. The molecule has 9 nitrogen and oxygen atoms in total. The van der Waals surface area contributed by atoms with Gasteiger partial charge in [0.05, 0.1) is 40.3 Å². The van der Waals surface area contributed by atoms with Crippen molar-refractivity contribution in [2.24, 2.45) is 0 Å². The number of aliphatic carboxylic acids is 1. The number of carbonyl (C=O) groups is 3. The van der Waals surface area contributed by atoms with Crippen LogP contribution in [0, 0.1) is 0 Å². The average molecular weight is 1380 g/mol. The molecular weight excluding hydrogens is 1220 g/mol. The fourth-order valence-electron chi connectivity index (χ4n) is 11.2. The molecule has 9 heteroatoms. The van der Waals surface area contributed by atoms with Crippen molar-refractivity contribution in [2.45, 2.75) is 347 Å². The molecule has 0 aromatic rings. The van der Waals surface area contributed by atoms with Gasteiger partial charge in [-0.05, 0) is 122 Å². The number of likely N-dealkylation sites (N-methyl/N-ethyl adjacent to an activating group) is 1. The highest BCUT2D eigenvalue weighted by Crippen LogP contribution is 2.18. The van der Waals surface area contributed by atoms with E-state index in [2.05, 4.69) is 172 Å². The molecule has 0 aliphatic rings. The lowest BCUT2D eigenvalue weighted by Gasteiger charge is -2.26. The summed E-state index contributed by atoms with van der Waals surface area (Å²) in [6.45, 7) is 4.54. The monoisotopic (exact) mass is 1370 g/mol. The van der Waals surface area contributed by atoms with E-state index in [9.17, 15) is 19.5 Å². The maximum absolute atomic E-state index is 13.0. The Morgan fingerprint density at radius 1 is 0.303 bits per heavy atom. The number of rotatable bonds is 74. The number of carboxylic acid groups (broad SMARTS) is 1. The maximum atomic E-state index is 13.0. The average Bonchev–Trinajstić information content (AvgIpc) is 1.14. The van der Waals surface area contributed by atoms with Crippen LogP contribution in [0.1, 0.15) is 335 Å². The Hall–Kier alpha value is -5.09. The van der Waals surface area contributed by atoms with Crippen LogP contribution in [0.2, 0.25) is 0 Å². The summed E-state index contributed by atoms with van der Waals surface area (Å²) >= 11 is 0. The first-order valence-electron chi connectivity index (χ1n) is 40.6. The van der Waals surface area contributed by atoms with Gasteiger partial charge in [-0.15, -0.1) is 0 Å². The number of nitrogens with zero attached hydrogens (tertiary/aromatic N) is 1. The topological polar surface area (TPSA) is 111 Å². The Balaban J connectivity index is 4.04. The summed E-state index contributed by atoms with van der Waals surface area (Å²) in [7, 11) is 5.94. The van der Waals surface area contributed by atoms with E-state index in [1.165, 1.54) is 180 Å². The van der Waals surface area contributed by atoms with Crippen molar-refractivity contribution in [1.29, 1.82) is 0 Å². The van der Waals surface area contributed by atoms with Crippen LogP contribution in [0.15, 0.2) is 158 Å². The third-order valence-electron chi connectivity index (χ3n) is 17.3. The highest BCUT2D eigenvalue weighted by Gasteiger charge is 2.22. The van der Waals surface area contributed by atoms with E-state index in [0.717, 1.165) is 122 Å². The second-order valence-electron chi connectivity index (χ2n) is 27.9. The molecule has 2 unspecified atom stereocenters. The van der Waals surface area contributed by atoms with Crippen molar-refractivity contribution in [1.82, 2.24) is 0 Å². The molecule has 0 aromatic heterocycles. The Bertz CT molecular complexity index is 2200. The van der Waals surface area contributed by atoms with Crippen LogP contribution < -0.4 is 5.11 Å². The van der Waals surface area contributed by atoms with Crippen LogP contribution in [-0.4, -0.2) is 82.3 Å². The number of carbonyl (C=O) groups excluding carboxylic acids is 3. The van der Waals surface area contributed by atoms with E-state index in [4.69, 9.17) is 18.9 Å². The highest BCUT2D eigenvalue weighted by molar-refractivity contribution is 5.70. The number of ether oxygens (including phenoxy) is 4. The number of quaternary nitrogens is 1. The third kappa shape index (κ3) is 80.1. The fraction of sp³-hybridized carbons (Fsp3) is 0.678. The smallest absolute Gasteiger partial charge is 0.306 e. The van der Waals surface area contributed by atoms with Crippen molar-refractivity contribution in [3.8, 4) is 0 Å². The van der Waals surface area contributed by atoms with Gasteiger partial charge >= 0.3 is 11.9 Å². The molecule has 2 atom stereocenters. The van der Waals surface area contributed by atoms with Gasteiger partial charge in [-0.3, -0.25) is 9.59 Å². The summed E-state index contributed by atoms with van der Waals surface area (Å²) < 4.78 is 22.9. The maximum Gasteiger partial charge on any atom is 0.306 e. The largest absolute Gasteiger partial charge is 0.545 e. The van der Waals surface area contributed by atoms with Crippen LogP contribution in [0.5, 0.6) is 0 Å². The lowest BCUT2D eigenvalue weighted by Crippen LogP contribution is -2.44. The first-order chi connectivity index (χ1) is 48.6. The summed E-state index contributed by atoms with van der Waals surface area (Å²) in [4.78, 5) is 37.6. The van der Waals surface area contributed by atoms with Gasteiger partial charge in [0.1, 0.15) is 13.2 Å². The number of hydrogen-bond acceptors (Lipinski definition) is 8. The molecule has 0 saturated carbocycles. The van der Waals surface area contributed by atoms with Crippen LogP contribution in [-0.2, 0) is 33.3 Å². The molecule has 0 N–H and O–H groups in total. The van der Waals surface area contributed by atoms with Gasteiger partial charge in [-0.2, -0.15) is 0 Å². The minimum absolute atomic E-state index is 0.144.